The minimum absolute atomic E-state index is 0.110. The Balaban J connectivity index is 2.12. The van der Waals surface area contributed by atoms with Crippen LogP contribution in [0.25, 0.3) is 0 Å². The number of para-hydroxylation sites is 1. The maximum atomic E-state index is 12.1. The van der Waals surface area contributed by atoms with Crippen LogP contribution in [0.1, 0.15) is 28.9 Å². The summed E-state index contributed by atoms with van der Waals surface area (Å²) in [5.74, 6) is 0.399. The van der Waals surface area contributed by atoms with E-state index in [1.165, 1.54) is 0 Å². The molecule has 0 aliphatic heterocycles. The molecule has 94 valence electrons. The number of hydrogen-bond donors (Lipinski definition) is 2. The second kappa shape index (κ2) is 5.35. The lowest BCUT2D eigenvalue weighted by Crippen LogP contribution is -2.26. The highest BCUT2D eigenvalue weighted by atomic mass is 16.5. The van der Waals surface area contributed by atoms with E-state index in [-0.39, 0.29) is 11.9 Å². The summed E-state index contributed by atoms with van der Waals surface area (Å²) in [5, 5.41) is 9.47. The molecule has 0 bridgehead atoms. The van der Waals surface area contributed by atoms with Crippen LogP contribution < -0.4 is 10.1 Å². The lowest BCUT2D eigenvalue weighted by molar-refractivity contribution is 0.0937. The Kier molecular flexibility index (Phi) is 3.62. The number of nitrogens with one attached hydrogen (secondary N) is 2. The maximum Gasteiger partial charge on any atom is 0.255 e. The van der Waals surface area contributed by atoms with Crippen molar-refractivity contribution in [3.05, 3.63) is 47.8 Å². The number of aromatic amines is 1. The predicted octanol–water partition coefficient (Wildman–Crippen LogP) is 1.91. The molecule has 1 heterocycles. The fourth-order valence-corrected chi connectivity index (χ4v) is 1.69. The van der Waals surface area contributed by atoms with E-state index in [0.29, 0.717) is 11.3 Å². The topological polar surface area (TPSA) is 67.0 Å². The number of H-pyrrole nitrogens is 1. The zero-order chi connectivity index (χ0) is 13.0. The van der Waals surface area contributed by atoms with Crippen LogP contribution in [0.2, 0.25) is 0 Å². The Morgan fingerprint density at radius 1 is 1.44 bits per heavy atom. The molecule has 1 unspecified atom stereocenters. The first-order chi connectivity index (χ1) is 8.72. The van der Waals surface area contributed by atoms with Crippen LogP contribution in [0.5, 0.6) is 5.75 Å². The van der Waals surface area contributed by atoms with Crippen LogP contribution in [-0.2, 0) is 0 Å². The summed E-state index contributed by atoms with van der Waals surface area (Å²) < 4.78 is 5.16. The summed E-state index contributed by atoms with van der Waals surface area (Å²) in [6.45, 7) is 1.90. The number of carbonyl (C=O) groups excluding carboxylic acids is 1. The highest BCUT2D eigenvalue weighted by Crippen LogP contribution is 2.18. The van der Waals surface area contributed by atoms with Crippen molar-refractivity contribution in [2.24, 2.45) is 0 Å². The van der Waals surface area contributed by atoms with Crippen LogP contribution in [-0.4, -0.2) is 23.2 Å². The number of amides is 1. The number of hydrogen-bond acceptors (Lipinski definition) is 3. The molecule has 5 nitrogen and oxygen atoms in total. The Morgan fingerprint density at radius 3 is 2.89 bits per heavy atom. The van der Waals surface area contributed by atoms with E-state index < -0.39 is 0 Å². The first-order valence-corrected chi connectivity index (χ1v) is 5.65. The lowest BCUT2D eigenvalue weighted by Gasteiger charge is -2.13. The summed E-state index contributed by atoms with van der Waals surface area (Å²) >= 11 is 0. The molecule has 1 aromatic heterocycles. The van der Waals surface area contributed by atoms with Crippen LogP contribution in [0.4, 0.5) is 0 Å². The van der Waals surface area contributed by atoms with Crippen molar-refractivity contribution in [2.45, 2.75) is 13.0 Å². The Bertz CT molecular complexity index is 523. The van der Waals surface area contributed by atoms with Gasteiger partial charge in [0.25, 0.3) is 5.91 Å². The minimum Gasteiger partial charge on any atom is -0.496 e. The van der Waals surface area contributed by atoms with E-state index >= 15 is 0 Å². The van der Waals surface area contributed by atoms with Crippen LogP contribution in [0.15, 0.2) is 36.7 Å². The summed E-state index contributed by atoms with van der Waals surface area (Å²) in [4.78, 5) is 12.1. The number of methoxy groups -OCH3 is 1. The van der Waals surface area contributed by atoms with Gasteiger partial charge in [-0.05, 0) is 19.1 Å². The third-order valence-electron chi connectivity index (χ3n) is 2.72. The van der Waals surface area contributed by atoms with E-state index in [1.54, 1.807) is 37.7 Å². The van der Waals surface area contributed by atoms with E-state index in [1.807, 2.05) is 13.0 Å². The smallest absolute Gasteiger partial charge is 0.255 e. The summed E-state index contributed by atoms with van der Waals surface area (Å²) in [7, 11) is 1.55. The zero-order valence-corrected chi connectivity index (χ0v) is 10.3. The van der Waals surface area contributed by atoms with Gasteiger partial charge in [0, 0.05) is 11.8 Å². The second-order valence-corrected chi connectivity index (χ2v) is 3.93. The SMILES string of the molecule is COc1ccccc1C(=O)NC(C)c1cn[nH]c1. The molecule has 5 heteroatoms. The van der Waals surface area contributed by atoms with E-state index in [0.717, 1.165) is 5.56 Å². The normalized spacial score (nSPS) is 11.9. The van der Waals surface area contributed by atoms with Crippen molar-refractivity contribution >= 4 is 5.91 Å². The van der Waals surface area contributed by atoms with Gasteiger partial charge >= 0.3 is 0 Å². The molecular formula is C13H15N3O2. The average molecular weight is 245 g/mol. The third kappa shape index (κ3) is 2.51. The van der Waals surface area contributed by atoms with Gasteiger partial charge in [0.1, 0.15) is 5.75 Å². The van der Waals surface area contributed by atoms with Crippen LogP contribution in [0, 0.1) is 0 Å². The Labute approximate surface area is 105 Å². The molecule has 0 saturated heterocycles. The standard InChI is InChI=1S/C13H15N3O2/c1-9(10-7-14-15-8-10)16-13(17)11-5-3-4-6-12(11)18-2/h3-9H,1-2H3,(H,14,15)(H,16,17). The molecule has 0 aliphatic carbocycles. The van der Waals surface area contributed by atoms with E-state index in [4.69, 9.17) is 4.74 Å². The summed E-state index contributed by atoms with van der Waals surface area (Å²) in [6, 6.07) is 7.02. The highest BCUT2D eigenvalue weighted by Gasteiger charge is 2.15. The summed E-state index contributed by atoms with van der Waals surface area (Å²) in [6.07, 6.45) is 3.44. The largest absolute Gasteiger partial charge is 0.496 e. The molecule has 1 amide bonds. The molecule has 1 aromatic carbocycles. The van der Waals surface area contributed by atoms with Crippen molar-refractivity contribution in [1.82, 2.24) is 15.5 Å². The van der Waals surface area contributed by atoms with Gasteiger partial charge < -0.3 is 10.1 Å². The third-order valence-corrected chi connectivity index (χ3v) is 2.72. The van der Waals surface area contributed by atoms with Gasteiger partial charge in [-0.15, -0.1) is 0 Å². The van der Waals surface area contributed by atoms with Gasteiger partial charge in [0.05, 0.1) is 24.9 Å². The first-order valence-electron chi connectivity index (χ1n) is 5.65. The van der Waals surface area contributed by atoms with Crippen molar-refractivity contribution in [3.63, 3.8) is 0 Å². The molecule has 1 atom stereocenters. The van der Waals surface area contributed by atoms with Crippen LogP contribution >= 0.6 is 0 Å². The second-order valence-electron chi connectivity index (χ2n) is 3.93. The molecule has 0 spiro atoms. The van der Waals surface area contributed by atoms with Gasteiger partial charge in [0.2, 0.25) is 0 Å². The maximum absolute atomic E-state index is 12.1. The average Bonchev–Trinajstić information content (AvgIpc) is 2.92. The number of ether oxygens (including phenoxy) is 1. The van der Waals surface area contributed by atoms with Gasteiger partial charge in [-0.3, -0.25) is 9.89 Å². The van der Waals surface area contributed by atoms with Crippen molar-refractivity contribution in [1.29, 1.82) is 0 Å². The molecule has 2 aromatic rings. The van der Waals surface area contributed by atoms with Gasteiger partial charge in [-0.2, -0.15) is 5.10 Å². The lowest BCUT2D eigenvalue weighted by atomic mass is 10.1. The molecular weight excluding hydrogens is 230 g/mol. The number of aromatic nitrogens is 2. The highest BCUT2D eigenvalue weighted by molar-refractivity contribution is 5.97. The molecule has 0 fully saturated rings. The van der Waals surface area contributed by atoms with Gasteiger partial charge in [0.15, 0.2) is 0 Å². The molecule has 0 saturated carbocycles. The minimum atomic E-state index is -0.166. The molecule has 2 N–H and O–H groups in total. The number of rotatable bonds is 4. The molecule has 0 radical (unpaired) electrons. The molecule has 0 aliphatic rings. The summed E-state index contributed by atoms with van der Waals surface area (Å²) in [5.41, 5.74) is 1.45. The van der Waals surface area contributed by atoms with Crippen LogP contribution in [0.3, 0.4) is 0 Å². The zero-order valence-electron chi connectivity index (χ0n) is 10.3. The number of benzene rings is 1. The van der Waals surface area contributed by atoms with Gasteiger partial charge in [-0.1, -0.05) is 12.1 Å². The van der Waals surface area contributed by atoms with Crippen molar-refractivity contribution in [2.75, 3.05) is 7.11 Å². The number of carbonyl (C=O) groups is 1. The Hall–Kier alpha value is -2.30. The fourth-order valence-electron chi connectivity index (χ4n) is 1.69. The quantitative estimate of drug-likeness (QED) is 0.864. The predicted molar refractivity (Wildman–Crippen MR) is 67.5 cm³/mol. The monoisotopic (exact) mass is 245 g/mol. The van der Waals surface area contributed by atoms with E-state index in [2.05, 4.69) is 15.5 Å². The first kappa shape index (κ1) is 12.2. The van der Waals surface area contributed by atoms with E-state index in [9.17, 15) is 4.79 Å². The number of nitrogens with zero attached hydrogens (tertiary/aromatic N) is 1. The Morgan fingerprint density at radius 2 is 2.22 bits per heavy atom. The molecule has 18 heavy (non-hydrogen) atoms. The van der Waals surface area contributed by atoms with Crippen molar-refractivity contribution < 1.29 is 9.53 Å². The van der Waals surface area contributed by atoms with Gasteiger partial charge in [-0.25, -0.2) is 0 Å². The fraction of sp³-hybridized carbons (Fsp3) is 0.231. The molecule has 2 rings (SSSR count). The van der Waals surface area contributed by atoms with Crippen molar-refractivity contribution in [3.8, 4) is 5.75 Å².